The number of aromatic nitrogens is 4. The fourth-order valence-corrected chi connectivity index (χ4v) is 3.57. The Morgan fingerprint density at radius 2 is 1.89 bits per heavy atom. The van der Waals surface area contributed by atoms with E-state index in [4.69, 9.17) is 0 Å². The minimum absolute atomic E-state index is 0.0146. The van der Waals surface area contributed by atoms with Crippen LogP contribution in [0.15, 0.2) is 47.9 Å². The highest BCUT2D eigenvalue weighted by Crippen LogP contribution is 2.21. The molecule has 1 fully saturated rings. The Labute approximate surface area is 156 Å². The molecule has 1 saturated heterocycles. The summed E-state index contributed by atoms with van der Waals surface area (Å²) in [5, 5.41) is 0. The highest BCUT2D eigenvalue weighted by molar-refractivity contribution is 5.97. The fourth-order valence-electron chi connectivity index (χ4n) is 3.57. The molecule has 27 heavy (non-hydrogen) atoms. The van der Waals surface area contributed by atoms with E-state index in [0.717, 1.165) is 23.9 Å². The van der Waals surface area contributed by atoms with Gasteiger partial charge < -0.3 is 4.90 Å². The first-order chi connectivity index (χ1) is 13.1. The number of amides is 1. The van der Waals surface area contributed by atoms with Gasteiger partial charge in [-0.15, -0.1) is 0 Å². The monoisotopic (exact) mass is 363 g/mol. The number of rotatable bonds is 3. The first-order valence-electron chi connectivity index (χ1n) is 9.13. The predicted octanol–water partition coefficient (Wildman–Crippen LogP) is 2.05. The zero-order valence-electron chi connectivity index (χ0n) is 15.2. The summed E-state index contributed by atoms with van der Waals surface area (Å²) >= 11 is 0. The van der Waals surface area contributed by atoms with Crippen LogP contribution in [0.1, 0.15) is 28.8 Å². The van der Waals surface area contributed by atoms with Gasteiger partial charge in [-0.25, -0.2) is 4.98 Å². The number of aryl methyl sites for hydroxylation is 1. The summed E-state index contributed by atoms with van der Waals surface area (Å²) in [7, 11) is 0. The highest BCUT2D eigenvalue weighted by Gasteiger charge is 2.24. The molecule has 0 saturated carbocycles. The van der Waals surface area contributed by atoms with Crippen molar-refractivity contribution in [2.45, 2.75) is 26.3 Å². The van der Waals surface area contributed by atoms with Gasteiger partial charge in [-0.05, 0) is 43.9 Å². The van der Waals surface area contributed by atoms with Crippen LogP contribution in [-0.2, 0) is 6.54 Å². The molecule has 2 aromatic heterocycles. The molecule has 0 atom stereocenters. The summed E-state index contributed by atoms with van der Waals surface area (Å²) in [6.07, 6.45) is 8.21. The van der Waals surface area contributed by atoms with Crippen LogP contribution in [0.25, 0.3) is 11.0 Å². The van der Waals surface area contributed by atoms with Gasteiger partial charge in [0.15, 0.2) is 0 Å². The molecule has 0 spiro atoms. The molecule has 0 unspecified atom stereocenters. The van der Waals surface area contributed by atoms with Gasteiger partial charge in [0.05, 0.1) is 17.4 Å². The summed E-state index contributed by atoms with van der Waals surface area (Å²) in [6, 6.07) is 5.44. The van der Waals surface area contributed by atoms with E-state index in [0.29, 0.717) is 36.7 Å². The lowest BCUT2D eigenvalue weighted by atomic mass is 9.96. The van der Waals surface area contributed by atoms with Crippen molar-refractivity contribution >= 4 is 16.9 Å². The molecule has 3 heterocycles. The average molecular weight is 363 g/mol. The largest absolute Gasteiger partial charge is 0.339 e. The number of likely N-dealkylation sites (tertiary alicyclic amines) is 1. The van der Waals surface area contributed by atoms with Gasteiger partial charge in [-0.1, -0.05) is 0 Å². The Morgan fingerprint density at radius 1 is 1.15 bits per heavy atom. The molecule has 0 radical (unpaired) electrons. The molecule has 138 valence electrons. The Kier molecular flexibility index (Phi) is 4.66. The van der Waals surface area contributed by atoms with Crippen molar-refractivity contribution in [3.05, 3.63) is 64.6 Å². The molecule has 0 bridgehead atoms. The van der Waals surface area contributed by atoms with Crippen LogP contribution in [0.4, 0.5) is 0 Å². The number of hydrogen-bond donors (Lipinski definition) is 0. The smallest absolute Gasteiger partial charge is 0.256 e. The van der Waals surface area contributed by atoms with Crippen molar-refractivity contribution in [2.24, 2.45) is 5.92 Å². The molecule has 0 aliphatic carbocycles. The maximum absolute atomic E-state index is 12.8. The van der Waals surface area contributed by atoms with Gasteiger partial charge in [0.2, 0.25) is 0 Å². The average Bonchev–Trinajstić information content (AvgIpc) is 2.71. The summed E-state index contributed by atoms with van der Waals surface area (Å²) in [4.78, 5) is 39.5. The van der Waals surface area contributed by atoms with E-state index < -0.39 is 0 Å². The maximum Gasteiger partial charge on any atom is 0.256 e. The second-order valence-electron chi connectivity index (χ2n) is 7.03. The first-order valence-corrected chi connectivity index (χ1v) is 9.13. The van der Waals surface area contributed by atoms with Gasteiger partial charge in [-0.2, -0.15) is 0 Å². The molecule has 1 aliphatic rings. The molecule has 7 nitrogen and oxygen atoms in total. The lowest BCUT2D eigenvalue weighted by Crippen LogP contribution is -2.40. The van der Waals surface area contributed by atoms with Crippen molar-refractivity contribution in [3.63, 3.8) is 0 Å². The van der Waals surface area contributed by atoms with Crippen LogP contribution in [0.5, 0.6) is 0 Å². The number of benzene rings is 1. The predicted molar refractivity (Wildman–Crippen MR) is 101 cm³/mol. The number of hydrogen-bond acceptors (Lipinski definition) is 5. The van der Waals surface area contributed by atoms with Crippen LogP contribution in [-0.4, -0.2) is 43.4 Å². The SMILES string of the molecule is Cc1cncn(CC2CCN(C(=O)c3ccc4nccnc4c3)CC2)c1=O. The molecule has 4 rings (SSSR count). The minimum Gasteiger partial charge on any atom is -0.339 e. The van der Waals surface area contributed by atoms with E-state index in [-0.39, 0.29) is 11.5 Å². The molecular formula is C20H21N5O2. The van der Waals surface area contributed by atoms with Crippen LogP contribution in [0.3, 0.4) is 0 Å². The highest BCUT2D eigenvalue weighted by atomic mass is 16.2. The normalized spacial score (nSPS) is 15.2. The molecule has 3 aromatic rings. The van der Waals surface area contributed by atoms with Gasteiger partial charge >= 0.3 is 0 Å². The van der Waals surface area contributed by atoms with E-state index in [9.17, 15) is 9.59 Å². The second kappa shape index (κ2) is 7.26. The Morgan fingerprint density at radius 3 is 2.67 bits per heavy atom. The molecular weight excluding hydrogens is 342 g/mol. The number of carbonyl (C=O) groups is 1. The lowest BCUT2D eigenvalue weighted by Gasteiger charge is -2.32. The van der Waals surface area contributed by atoms with E-state index >= 15 is 0 Å². The van der Waals surface area contributed by atoms with Crippen molar-refractivity contribution in [3.8, 4) is 0 Å². The molecule has 7 heteroatoms. The summed E-state index contributed by atoms with van der Waals surface area (Å²) in [6.45, 7) is 3.81. The van der Waals surface area contributed by atoms with E-state index in [1.807, 2.05) is 17.0 Å². The zero-order chi connectivity index (χ0) is 18.8. The Bertz CT molecular complexity index is 1040. The number of carbonyl (C=O) groups excluding carboxylic acids is 1. The van der Waals surface area contributed by atoms with E-state index in [2.05, 4.69) is 15.0 Å². The van der Waals surface area contributed by atoms with E-state index in [1.165, 1.54) is 0 Å². The van der Waals surface area contributed by atoms with Crippen molar-refractivity contribution in [1.29, 1.82) is 0 Å². The standard InChI is InChI=1S/C20H21N5O2/c1-14-11-21-13-25(19(14)26)12-15-4-8-24(9-5-15)20(27)16-2-3-17-18(10-16)23-7-6-22-17/h2-3,6-7,10-11,13,15H,4-5,8-9,12H2,1H3. The lowest BCUT2D eigenvalue weighted by molar-refractivity contribution is 0.0682. The van der Waals surface area contributed by atoms with Crippen molar-refractivity contribution < 1.29 is 4.79 Å². The summed E-state index contributed by atoms with van der Waals surface area (Å²) in [5.74, 6) is 0.396. The number of fused-ring (bicyclic) bond motifs is 1. The fraction of sp³-hybridized carbons (Fsp3) is 0.350. The van der Waals surface area contributed by atoms with Crippen LogP contribution in [0, 0.1) is 12.8 Å². The Balaban J connectivity index is 1.41. The first kappa shape index (κ1) is 17.3. The maximum atomic E-state index is 12.8. The topological polar surface area (TPSA) is 81.0 Å². The van der Waals surface area contributed by atoms with Crippen molar-refractivity contribution in [1.82, 2.24) is 24.4 Å². The minimum atomic E-state index is 0.0146. The number of nitrogens with zero attached hydrogens (tertiary/aromatic N) is 5. The zero-order valence-corrected chi connectivity index (χ0v) is 15.2. The molecule has 1 aliphatic heterocycles. The summed E-state index contributed by atoms with van der Waals surface area (Å²) in [5.41, 5.74) is 2.82. The Hall–Kier alpha value is -3.09. The third-order valence-corrected chi connectivity index (χ3v) is 5.15. The van der Waals surface area contributed by atoms with Gasteiger partial charge in [-0.3, -0.25) is 24.1 Å². The van der Waals surface area contributed by atoms with Gasteiger partial charge in [0.1, 0.15) is 0 Å². The second-order valence-corrected chi connectivity index (χ2v) is 7.03. The van der Waals surface area contributed by atoms with Crippen LogP contribution < -0.4 is 5.56 Å². The summed E-state index contributed by atoms with van der Waals surface area (Å²) < 4.78 is 1.68. The van der Waals surface area contributed by atoms with Crippen LogP contribution in [0.2, 0.25) is 0 Å². The molecule has 0 N–H and O–H groups in total. The van der Waals surface area contributed by atoms with E-state index in [1.54, 1.807) is 42.5 Å². The molecule has 1 amide bonds. The van der Waals surface area contributed by atoms with Crippen LogP contribution >= 0.6 is 0 Å². The molecule has 1 aromatic carbocycles. The number of piperidine rings is 1. The van der Waals surface area contributed by atoms with Crippen molar-refractivity contribution in [2.75, 3.05) is 13.1 Å². The quantitative estimate of drug-likeness (QED) is 0.711. The third kappa shape index (κ3) is 3.58. The van der Waals surface area contributed by atoms with Gasteiger partial charge in [0, 0.05) is 49.4 Å². The third-order valence-electron chi connectivity index (χ3n) is 5.15. The van der Waals surface area contributed by atoms with Gasteiger partial charge in [0.25, 0.3) is 11.5 Å².